The summed E-state index contributed by atoms with van der Waals surface area (Å²) in [5, 5.41) is 6.33. The van der Waals surface area contributed by atoms with E-state index in [0.717, 1.165) is 12.3 Å². The SMILES string of the molecule is CCNC(=NCCN1CCCS1(=O)=O)NCCOc1ccccc1. The second-order valence-corrected chi connectivity index (χ2v) is 7.51. The lowest BCUT2D eigenvalue weighted by Crippen LogP contribution is -2.40. The summed E-state index contributed by atoms with van der Waals surface area (Å²) in [6.45, 7) is 5.34. The van der Waals surface area contributed by atoms with E-state index in [4.69, 9.17) is 4.74 Å². The van der Waals surface area contributed by atoms with Crippen molar-refractivity contribution in [3.8, 4) is 5.75 Å². The van der Waals surface area contributed by atoms with Gasteiger partial charge in [0.1, 0.15) is 12.4 Å². The van der Waals surface area contributed by atoms with Gasteiger partial charge in [0.2, 0.25) is 10.0 Å². The Kier molecular flexibility index (Phi) is 7.33. The molecule has 1 aliphatic rings. The molecule has 1 aromatic rings. The highest BCUT2D eigenvalue weighted by atomic mass is 32.2. The summed E-state index contributed by atoms with van der Waals surface area (Å²) < 4.78 is 30.6. The first-order valence-corrected chi connectivity index (χ1v) is 9.90. The molecular weight excluding hydrogens is 328 g/mol. The molecule has 134 valence electrons. The van der Waals surface area contributed by atoms with Gasteiger partial charge >= 0.3 is 0 Å². The number of para-hydroxylation sites is 1. The smallest absolute Gasteiger partial charge is 0.214 e. The molecule has 0 bridgehead atoms. The van der Waals surface area contributed by atoms with Crippen LogP contribution in [-0.2, 0) is 10.0 Å². The van der Waals surface area contributed by atoms with E-state index in [9.17, 15) is 8.42 Å². The van der Waals surface area contributed by atoms with Crippen molar-refractivity contribution in [2.45, 2.75) is 13.3 Å². The molecule has 2 rings (SSSR count). The van der Waals surface area contributed by atoms with Gasteiger partial charge in [0.25, 0.3) is 0 Å². The molecule has 1 heterocycles. The molecule has 1 fully saturated rings. The van der Waals surface area contributed by atoms with Crippen LogP contribution in [0.15, 0.2) is 35.3 Å². The first-order valence-electron chi connectivity index (χ1n) is 8.29. The molecule has 0 amide bonds. The second kappa shape index (κ2) is 9.48. The molecule has 1 aliphatic heterocycles. The van der Waals surface area contributed by atoms with Crippen molar-refractivity contribution in [3.63, 3.8) is 0 Å². The summed E-state index contributed by atoms with van der Waals surface area (Å²) in [5.41, 5.74) is 0. The van der Waals surface area contributed by atoms with Crippen LogP contribution in [-0.4, -0.2) is 63.8 Å². The maximum Gasteiger partial charge on any atom is 0.214 e. The molecule has 2 N–H and O–H groups in total. The predicted molar refractivity (Wildman–Crippen MR) is 95.9 cm³/mol. The van der Waals surface area contributed by atoms with Gasteiger partial charge in [0.05, 0.1) is 18.8 Å². The monoisotopic (exact) mass is 354 g/mol. The lowest BCUT2D eigenvalue weighted by Gasteiger charge is -2.14. The molecule has 0 saturated carbocycles. The number of benzene rings is 1. The molecule has 1 aromatic carbocycles. The van der Waals surface area contributed by atoms with Gasteiger partial charge in [-0.2, -0.15) is 0 Å². The highest BCUT2D eigenvalue weighted by molar-refractivity contribution is 7.89. The quantitative estimate of drug-likeness (QED) is 0.407. The molecule has 0 unspecified atom stereocenters. The molecule has 7 nitrogen and oxygen atoms in total. The molecule has 0 radical (unpaired) electrons. The van der Waals surface area contributed by atoms with Gasteiger partial charge in [-0.1, -0.05) is 18.2 Å². The van der Waals surface area contributed by atoms with Gasteiger partial charge in [-0.05, 0) is 25.5 Å². The van der Waals surface area contributed by atoms with Crippen molar-refractivity contribution in [3.05, 3.63) is 30.3 Å². The molecule has 0 aromatic heterocycles. The number of nitrogens with one attached hydrogen (secondary N) is 2. The predicted octanol–water partition coefficient (Wildman–Crippen LogP) is 0.656. The lowest BCUT2D eigenvalue weighted by atomic mass is 10.3. The fourth-order valence-corrected chi connectivity index (χ4v) is 3.93. The molecular formula is C16H26N4O3S. The average Bonchev–Trinajstić information content (AvgIpc) is 2.91. The summed E-state index contributed by atoms with van der Waals surface area (Å²) in [6, 6.07) is 9.63. The van der Waals surface area contributed by atoms with Gasteiger partial charge < -0.3 is 15.4 Å². The fourth-order valence-electron chi connectivity index (χ4n) is 2.41. The Bertz CT molecular complexity index is 619. The minimum atomic E-state index is -3.05. The van der Waals surface area contributed by atoms with Crippen molar-refractivity contribution in [1.82, 2.24) is 14.9 Å². The van der Waals surface area contributed by atoms with Gasteiger partial charge in [0, 0.05) is 19.6 Å². The third kappa shape index (κ3) is 6.01. The van der Waals surface area contributed by atoms with Gasteiger partial charge in [-0.3, -0.25) is 4.99 Å². The Labute approximate surface area is 144 Å². The Balaban J connectivity index is 1.72. The molecule has 1 saturated heterocycles. The van der Waals surface area contributed by atoms with Gasteiger partial charge in [0.15, 0.2) is 5.96 Å². The number of hydrogen-bond acceptors (Lipinski definition) is 4. The average molecular weight is 354 g/mol. The number of ether oxygens (including phenoxy) is 1. The van der Waals surface area contributed by atoms with E-state index >= 15 is 0 Å². The summed E-state index contributed by atoms with van der Waals surface area (Å²) in [6.07, 6.45) is 0.710. The lowest BCUT2D eigenvalue weighted by molar-refractivity contribution is 0.322. The van der Waals surface area contributed by atoms with E-state index in [2.05, 4.69) is 15.6 Å². The van der Waals surface area contributed by atoms with E-state index in [0.29, 0.717) is 45.2 Å². The summed E-state index contributed by atoms with van der Waals surface area (Å²) in [7, 11) is -3.05. The van der Waals surface area contributed by atoms with Crippen LogP contribution >= 0.6 is 0 Å². The van der Waals surface area contributed by atoms with E-state index in [1.54, 1.807) is 0 Å². The van der Waals surface area contributed by atoms with E-state index in [1.165, 1.54) is 4.31 Å². The number of aliphatic imine (C=N–C) groups is 1. The molecule has 0 aliphatic carbocycles. The van der Waals surface area contributed by atoms with Gasteiger partial charge in [-0.15, -0.1) is 0 Å². The Morgan fingerprint density at radius 1 is 1.29 bits per heavy atom. The zero-order valence-electron chi connectivity index (χ0n) is 14.1. The maximum absolute atomic E-state index is 11.7. The van der Waals surface area contributed by atoms with Crippen LogP contribution in [0.25, 0.3) is 0 Å². The van der Waals surface area contributed by atoms with Crippen molar-refractivity contribution >= 4 is 16.0 Å². The molecule has 0 spiro atoms. The zero-order chi connectivity index (χ0) is 17.3. The van der Waals surface area contributed by atoms with Gasteiger partial charge in [-0.25, -0.2) is 12.7 Å². The van der Waals surface area contributed by atoms with Crippen LogP contribution < -0.4 is 15.4 Å². The van der Waals surface area contributed by atoms with Crippen LogP contribution in [0.2, 0.25) is 0 Å². The minimum absolute atomic E-state index is 0.256. The summed E-state index contributed by atoms with van der Waals surface area (Å²) in [4.78, 5) is 4.42. The normalized spacial score (nSPS) is 17.6. The van der Waals surface area contributed by atoms with E-state index < -0.39 is 10.0 Å². The first kappa shape index (κ1) is 18.5. The van der Waals surface area contributed by atoms with Crippen molar-refractivity contribution in [1.29, 1.82) is 0 Å². The van der Waals surface area contributed by atoms with Crippen LogP contribution in [0.5, 0.6) is 5.75 Å². The summed E-state index contributed by atoms with van der Waals surface area (Å²) in [5.74, 6) is 1.76. The Morgan fingerprint density at radius 3 is 2.75 bits per heavy atom. The Morgan fingerprint density at radius 2 is 2.08 bits per heavy atom. The number of sulfonamides is 1. The Hall–Kier alpha value is -1.80. The van der Waals surface area contributed by atoms with E-state index in [1.807, 2.05) is 37.3 Å². The summed E-state index contributed by atoms with van der Waals surface area (Å²) >= 11 is 0. The van der Waals surface area contributed by atoms with Crippen molar-refractivity contribution < 1.29 is 13.2 Å². The molecule has 24 heavy (non-hydrogen) atoms. The van der Waals surface area contributed by atoms with Crippen LogP contribution in [0.3, 0.4) is 0 Å². The largest absolute Gasteiger partial charge is 0.492 e. The number of guanidine groups is 1. The van der Waals surface area contributed by atoms with Crippen LogP contribution in [0.4, 0.5) is 0 Å². The number of hydrogen-bond donors (Lipinski definition) is 2. The number of rotatable bonds is 8. The van der Waals surface area contributed by atoms with Crippen LogP contribution in [0, 0.1) is 0 Å². The topological polar surface area (TPSA) is 83.0 Å². The third-order valence-corrected chi connectivity index (χ3v) is 5.53. The fraction of sp³-hybridized carbons (Fsp3) is 0.562. The first-order chi connectivity index (χ1) is 11.6. The van der Waals surface area contributed by atoms with Crippen molar-refractivity contribution in [2.75, 3.05) is 45.1 Å². The third-order valence-electron chi connectivity index (χ3n) is 3.57. The zero-order valence-corrected chi connectivity index (χ0v) is 14.9. The van der Waals surface area contributed by atoms with Crippen LogP contribution in [0.1, 0.15) is 13.3 Å². The second-order valence-electron chi connectivity index (χ2n) is 5.42. The molecule has 8 heteroatoms. The number of nitrogens with zero attached hydrogens (tertiary/aromatic N) is 2. The minimum Gasteiger partial charge on any atom is -0.492 e. The highest BCUT2D eigenvalue weighted by Crippen LogP contribution is 2.12. The highest BCUT2D eigenvalue weighted by Gasteiger charge is 2.27. The standard InChI is InChI=1S/C16H26N4O3S/c1-2-17-16(18-9-12-20-11-6-14-24(20,21)22)19-10-13-23-15-7-4-3-5-8-15/h3-5,7-8H,2,6,9-14H2,1H3,(H2,17,18,19). The maximum atomic E-state index is 11.7. The van der Waals surface area contributed by atoms with E-state index in [-0.39, 0.29) is 5.75 Å². The molecule has 0 atom stereocenters. The van der Waals surface area contributed by atoms with Crippen molar-refractivity contribution in [2.24, 2.45) is 4.99 Å².